The summed E-state index contributed by atoms with van der Waals surface area (Å²) in [6.45, 7) is 12.5. The maximum atomic E-state index is 14.7. The Labute approximate surface area is 406 Å². The number of pyridine rings is 1. The van der Waals surface area contributed by atoms with E-state index in [1.807, 2.05) is 45.0 Å². The summed E-state index contributed by atoms with van der Waals surface area (Å²) in [7, 11) is 3.10. The number of rotatable bonds is 10. The number of allylic oxidation sites excluding steroid dienone is 1. The smallest absolute Gasteiger partial charge is 0.409 e. The number of phenolic OH excluding ortho intramolecular Hbond substituents is 1. The van der Waals surface area contributed by atoms with Crippen LogP contribution in [-0.4, -0.2) is 124 Å². The van der Waals surface area contributed by atoms with Crippen LogP contribution in [0.25, 0.3) is 33.3 Å². The third-order valence-electron chi connectivity index (χ3n) is 13.6. The Kier molecular flexibility index (Phi) is 15.5. The van der Waals surface area contributed by atoms with Gasteiger partial charge in [-0.05, 0) is 104 Å². The molecule has 3 aliphatic rings. The van der Waals surface area contributed by atoms with E-state index in [2.05, 4.69) is 34.4 Å². The van der Waals surface area contributed by atoms with Crippen molar-refractivity contribution >= 4 is 40.5 Å². The van der Waals surface area contributed by atoms with Gasteiger partial charge in [0.15, 0.2) is 0 Å². The van der Waals surface area contributed by atoms with Crippen molar-refractivity contribution in [1.29, 1.82) is 0 Å². The number of hydrazine groups is 1. The Bertz CT molecular complexity index is 2660. The summed E-state index contributed by atoms with van der Waals surface area (Å²) in [5.74, 6) is -4.40. The van der Waals surface area contributed by atoms with Crippen LogP contribution < -0.4 is 10.7 Å². The Hall–Kier alpha value is -6.27. The largest absolute Gasteiger partial charge is 0.508 e. The number of ether oxygens (including phenoxy) is 2. The van der Waals surface area contributed by atoms with Gasteiger partial charge in [0, 0.05) is 87.0 Å². The van der Waals surface area contributed by atoms with Crippen molar-refractivity contribution in [2.75, 3.05) is 40.4 Å². The molecule has 7 rings (SSSR count). The van der Waals surface area contributed by atoms with E-state index in [1.165, 1.54) is 27.9 Å². The van der Waals surface area contributed by atoms with E-state index in [4.69, 9.17) is 14.5 Å². The molecule has 2 aromatic heterocycles. The minimum atomic E-state index is -4.67. The third kappa shape index (κ3) is 11.3. The second-order valence-corrected chi connectivity index (χ2v) is 19.8. The number of alkyl halides is 3. The minimum Gasteiger partial charge on any atom is -0.508 e. The van der Waals surface area contributed by atoms with Crippen molar-refractivity contribution in [2.24, 2.45) is 17.3 Å². The van der Waals surface area contributed by atoms with Crippen LogP contribution in [0.2, 0.25) is 0 Å². The first-order chi connectivity index (χ1) is 33.1. The first-order valence-corrected chi connectivity index (χ1v) is 23.9. The number of nitrogens with zero attached hydrogens (tertiary/aromatic N) is 5. The molecule has 0 aliphatic carbocycles. The van der Waals surface area contributed by atoms with Gasteiger partial charge in [0.05, 0.1) is 30.0 Å². The van der Waals surface area contributed by atoms with E-state index in [9.17, 15) is 42.3 Å². The van der Waals surface area contributed by atoms with Crippen LogP contribution in [0, 0.1) is 17.3 Å². The quantitative estimate of drug-likeness (QED) is 0.112. The number of fused-ring (bicyclic) bond motifs is 6. The fraction of sp³-hybridized carbons (Fsp3) is 0.500. The molecular formula is C52H64F3N7O8. The standard InChI is InChI=1S/C52H64F3N7O8/c1-9-61-42-15-14-33-26-38(42)39(46(61)37-12-10-19-56-44(37)31(4)69-8)27-51(5,6)29-70-50(68)40-13-11-20-62(58-40)49(67)41(24-32-22-35(33)25-36(63)23-32)57-47(65)45(30(2)3)59(7)48(66)34-17-21-60(28-34)43(64)16-18-52(53,54)55/h10,12,14-16,18-19,22-23,25-26,30-31,34,40-41,45,58,63H,9,11,13,17,20-21,24,27-29H2,1-8H3,(H,57,65)/b18-16+/t31-,34-,40-,41-,45?/m0/s1. The second kappa shape index (κ2) is 21.0. The highest BCUT2D eigenvalue weighted by molar-refractivity contribution is 5.96. The van der Waals surface area contributed by atoms with Crippen LogP contribution in [0.3, 0.4) is 0 Å². The first kappa shape index (κ1) is 51.6. The number of benzene rings is 2. The summed E-state index contributed by atoms with van der Waals surface area (Å²) in [5.41, 5.74) is 9.10. The van der Waals surface area contributed by atoms with Gasteiger partial charge in [0.1, 0.15) is 23.9 Å². The molecular weight excluding hydrogens is 908 g/mol. The number of halogens is 3. The first-order valence-electron chi connectivity index (χ1n) is 23.9. The number of amides is 4. The van der Waals surface area contributed by atoms with Crippen molar-refractivity contribution in [1.82, 2.24) is 35.1 Å². The number of cyclic esters (lactones) is 1. The summed E-state index contributed by atoms with van der Waals surface area (Å²) in [5, 5.41) is 16.5. The van der Waals surface area contributed by atoms with Gasteiger partial charge in [-0.15, -0.1) is 0 Å². The van der Waals surface area contributed by atoms with Crippen LogP contribution in [-0.2, 0) is 52.8 Å². The van der Waals surface area contributed by atoms with E-state index < -0.39 is 71.2 Å². The number of phenols is 1. The number of aryl methyl sites for hydroxylation is 1. The lowest BCUT2D eigenvalue weighted by molar-refractivity contribution is -0.155. The number of aromatic nitrogens is 2. The summed E-state index contributed by atoms with van der Waals surface area (Å²) >= 11 is 0. The normalized spacial score (nSPS) is 20.9. The van der Waals surface area contributed by atoms with E-state index >= 15 is 0 Å². The Balaban J connectivity index is 1.27. The maximum Gasteiger partial charge on any atom is 0.409 e. The molecule has 5 heterocycles. The van der Waals surface area contributed by atoms with Gasteiger partial charge < -0.3 is 34.3 Å². The maximum absolute atomic E-state index is 14.7. The SMILES string of the molecule is CCn1c(-c2cccnc2[C@H](C)OC)c2c3cc(ccc31)-c1cc(O)cc(c1)C[C@H](NC(=O)C(C(C)C)N(C)C(=O)[C@H]1CCN(C(=O)/C=C/C(F)(F)F)C1)C(=O)N1CCC[C@H](N1)C(=O)OCC(C)(C)C2. The zero-order valence-corrected chi connectivity index (χ0v) is 41.1. The molecule has 3 N–H and O–H groups in total. The minimum absolute atomic E-state index is 0.0590. The fourth-order valence-electron chi connectivity index (χ4n) is 10.1. The number of likely N-dealkylation sites (N-methyl/N-ethyl adjacent to an activating group) is 1. The molecule has 0 saturated carbocycles. The molecule has 2 saturated heterocycles. The van der Waals surface area contributed by atoms with E-state index in [-0.39, 0.29) is 57.0 Å². The zero-order valence-electron chi connectivity index (χ0n) is 41.1. The molecule has 0 spiro atoms. The fourth-order valence-corrected chi connectivity index (χ4v) is 10.1. The number of aromatic hydroxyl groups is 1. The average molecular weight is 972 g/mol. The van der Waals surface area contributed by atoms with Gasteiger partial charge in [-0.25, -0.2) is 5.43 Å². The highest BCUT2D eigenvalue weighted by Crippen LogP contribution is 2.42. The second-order valence-electron chi connectivity index (χ2n) is 19.8. The molecule has 18 heteroatoms. The predicted molar refractivity (Wildman–Crippen MR) is 257 cm³/mol. The lowest BCUT2D eigenvalue weighted by Crippen LogP contribution is -2.62. The van der Waals surface area contributed by atoms with Gasteiger partial charge in [-0.3, -0.25) is 34.0 Å². The molecule has 2 fully saturated rings. The summed E-state index contributed by atoms with van der Waals surface area (Å²) in [6.07, 6.45) is -1.50. The number of methoxy groups -OCH3 is 1. The number of carbonyl (C=O) groups excluding carboxylic acids is 5. The Morgan fingerprint density at radius 3 is 2.53 bits per heavy atom. The van der Waals surface area contributed by atoms with Crippen LogP contribution in [0.4, 0.5) is 13.2 Å². The molecule has 3 aliphatic heterocycles. The molecule has 4 aromatic rings. The summed E-state index contributed by atoms with van der Waals surface area (Å²) in [4.78, 5) is 76.9. The topological polar surface area (TPSA) is 176 Å². The molecule has 376 valence electrons. The molecule has 6 bridgehead atoms. The van der Waals surface area contributed by atoms with Gasteiger partial charge in [0.2, 0.25) is 17.7 Å². The molecule has 1 unspecified atom stereocenters. The molecule has 15 nitrogen and oxygen atoms in total. The van der Waals surface area contributed by atoms with Gasteiger partial charge in [-0.1, -0.05) is 39.8 Å². The monoisotopic (exact) mass is 971 g/mol. The van der Waals surface area contributed by atoms with Crippen LogP contribution in [0.15, 0.2) is 66.9 Å². The molecule has 5 atom stereocenters. The van der Waals surface area contributed by atoms with Crippen molar-refractivity contribution in [2.45, 2.75) is 111 Å². The molecule has 2 aromatic carbocycles. The van der Waals surface area contributed by atoms with E-state index in [0.29, 0.717) is 43.0 Å². The number of esters is 1. The van der Waals surface area contributed by atoms with Crippen LogP contribution >= 0.6 is 0 Å². The molecule has 4 amide bonds. The highest BCUT2D eigenvalue weighted by Gasteiger charge is 2.40. The van der Waals surface area contributed by atoms with Crippen LogP contribution in [0.1, 0.15) is 83.7 Å². The van der Waals surface area contributed by atoms with Gasteiger partial charge in [-0.2, -0.15) is 13.2 Å². The third-order valence-corrected chi connectivity index (χ3v) is 13.6. The van der Waals surface area contributed by atoms with Crippen molar-refractivity contribution < 1.29 is 51.7 Å². The average Bonchev–Trinajstić information content (AvgIpc) is 3.93. The zero-order chi connectivity index (χ0) is 50.8. The Morgan fingerprint density at radius 1 is 1.07 bits per heavy atom. The number of nitrogens with one attached hydrogen (secondary N) is 2. The van der Waals surface area contributed by atoms with Crippen molar-refractivity contribution in [3.05, 3.63) is 83.7 Å². The lowest BCUT2D eigenvalue weighted by atomic mass is 9.84. The number of hydrogen-bond donors (Lipinski definition) is 3. The van der Waals surface area contributed by atoms with E-state index in [0.717, 1.165) is 39.0 Å². The van der Waals surface area contributed by atoms with Crippen LogP contribution in [0.5, 0.6) is 5.75 Å². The number of likely N-dealkylation sites (tertiary alicyclic amines) is 1. The predicted octanol–water partition coefficient (Wildman–Crippen LogP) is 6.90. The molecule has 0 radical (unpaired) electrons. The van der Waals surface area contributed by atoms with Gasteiger partial charge >= 0.3 is 12.1 Å². The Morgan fingerprint density at radius 2 is 1.83 bits per heavy atom. The highest BCUT2D eigenvalue weighted by atomic mass is 19.4. The number of carbonyl (C=O) groups is 5. The van der Waals surface area contributed by atoms with E-state index in [1.54, 1.807) is 33.2 Å². The summed E-state index contributed by atoms with van der Waals surface area (Å²) < 4.78 is 52.5. The van der Waals surface area contributed by atoms with Crippen molar-refractivity contribution in [3.63, 3.8) is 0 Å². The van der Waals surface area contributed by atoms with Crippen molar-refractivity contribution in [3.8, 4) is 28.1 Å². The van der Waals surface area contributed by atoms with Gasteiger partial charge in [0.25, 0.3) is 5.91 Å². The number of hydrogen-bond acceptors (Lipinski definition) is 10. The lowest BCUT2D eigenvalue weighted by Gasteiger charge is -2.37. The summed E-state index contributed by atoms with van der Waals surface area (Å²) in [6, 6.07) is 11.9. The molecule has 70 heavy (non-hydrogen) atoms.